The van der Waals surface area contributed by atoms with Gasteiger partial charge in [-0.2, -0.15) is 13.5 Å². The molecule has 1 aliphatic heterocycles. The molecule has 0 fully saturated rings. The molecule has 0 saturated carbocycles. The largest absolute Gasteiger partial charge is 0.454 e. The normalized spacial score (nSPS) is 13.5. The van der Waals surface area contributed by atoms with Crippen LogP contribution in [-0.2, 0) is 10.0 Å². The van der Waals surface area contributed by atoms with Crippen molar-refractivity contribution in [3.8, 4) is 11.5 Å². The van der Waals surface area contributed by atoms with Crippen molar-refractivity contribution >= 4 is 16.2 Å². The zero-order valence-electron chi connectivity index (χ0n) is 12.7. The smallest absolute Gasteiger partial charge is 0.276 e. The number of ether oxygens (including phenoxy) is 2. The van der Waals surface area contributed by atoms with Crippen LogP contribution in [0.1, 0.15) is 16.7 Å². The molecule has 2 aromatic rings. The number of sulfonamides is 1. The predicted octanol–water partition coefficient (Wildman–Crippen LogP) is 2.34. The van der Waals surface area contributed by atoms with Gasteiger partial charge in [-0.3, -0.25) is 0 Å². The van der Waals surface area contributed by atoms with Gasteiger partial charge in [0.05, 0.1) is 11.1 Å². The zero-order chi connectivity index (χ0) is 16.4. The molecule has 1 heterocycles. The Labute approximate surface area is 134 Å². The Morgan fingerprint density at radius 2 is 1.83 bits per heavy atom. The molecular formula is C16H16N2O4S. The van der Waals surface area contributed by atoms with Crippen LogP contribution >= 0.6 is 0 Å². The monoisotopic (exact) mass is 332 g/mol. The summed E-state index contributed by atoms with van der Waals surface area (Å²) in [6.07, 6.45) is 1.42. The minimum atomic E-state index is -3.69. The maximum absolute atomic E-state index is 12.2. The molecule has 0 amide bonds. The quantitative estimate of drug-likeness (QED) is 0.689. The topological polar surface area (TPSA) is 77.0 Å². The Balaban J connectivity index is 1.75. The number of nitrogens with zero attached hydrogens (tertiary/aromatic N) is 1. The van der Waals surface area contributed by atoms with E-state index in [1.165, 1.54) is 6.21 Å². The maximum Gasteiger partial charge on any atom is 0.276 e. The molecule has 1 N–H and O–H groups in total. The summed E-state index contributed by atoms with van der Waals surface area (Å²) in [4.78, 5) is 2.39. The molecule has 2 aromatic carbocycles. The van der Waals surface area contributed by atoms with Crippen molar-refractivity contribution in [2.45, 2.75) is 18.7 Å². The van der Waals surface area contributed by atoms with Crippen molar-refractivity contribution in [1.29, 1.82) is 0 Å². The molecule has 120 valence electrons. The Kier molecular flexibility index (Phi) is 3.96. The third-order valence-corrected chi connectivity index (χ3v) is 4.79. The first-order valence-corrected chi connectivity index (χ1v) is 8.46. The first-order valence-electron chi connectivity index (χ1n) is 6.97. The molecule has 6 nitrogen and oxygen atoms in total. The van der Waals surface area contributed by atoms with E-state index < -0.39 is 10.0 Å². The third kappa shape index (κ3) is 3.29. The number of fused-ring (bicyclic) bond motifs is 1. The van der Waals surface area contributed by atoms with Crippen LogP contribution in [-0.4, -0.2) is 21.4 Å². The first kappa shape index (κ1) is 15.4. The second kappa shape index (κ2) is 5.92. The van der Waals surface area contributed by atoms with Gasteiger partial charge in [-0.15, -0.1) is 0 Å². The SMILES string of the molecule is Cc1ccc(S(=O)(=O)NN=Cc2ccc3c(c2)OCO3)cc1C. The Bertz CT molecular complexity index is 876. The molecule has 0 atom stereocenters. The molecule has 0 bridgehead atoms. The highest BCUT2D eigenvalue weighted by Gasteiger charge is 2.14. The van der Waals surface area contributed by atoms with Crippen molar-refractivity contribution in [3.05, 3.63) is 53.1 Å². The number of rotatable bonds is 4. The Morgan fingerprint density at radius 3 is 2.61 bits per heavy atom. The highest BCUT2D eigenvalue weighted by molar-refractivity contribution is 7.89. The van der Waals surface area contributed by atoms with Gasteiger partial charge in [0.15, 0.2) is 11.5 Å². The molecule has 0 aromatic heterocycles. The summed E-state index contributed by atoms with van der Waals surface area (Å²) in [7, 11) is -3.69. The molecule has 0 radical (unpaired) electrons. The van der Waals surface area contributed by atoms with Crippen LogP contribution < -0.4 is 14.3 Å². The number of aryl methyl sites for hydroxylation is 2. The summed E-state index contributed by atoms with van der Waals surface area (Å²) < 4.78 is 34.9. The molecule has 23 heavy (non-hydrogen) atoms. The van der Waals surface area contributed by atoms with E-state index >= 15 is 0 Å². The fourth-order valence-corrected chi connectivity index (χ4v) is 2.97. The predicted molar refractivity (Wildman–Crippen MR) is 86.4 cm³/mol. The molecular weight excluding hydrogens is 316 g/mol. The van der Waals surface area contributed by atoms with E-state index in [0.29, 0.717) is 17.1 Å². The molecule has 0 spiro atoms. The molecule has 1 aliphatic rings. The van der Waals surface area contributed by atoms with Gasteiger partial charge in [0.2, 0.25) is 6.79 Å². The standard InChI is InChI=1S/C16H16N2O4S/c1-11-3-5-14(7-12(11)2)23(19,20)18-17-9-13-4-6-15-16(8-13)22-10-21-15/h3-9,18H,10H2,1-2H3. The average molecular weight is 332 g/mol. The third-order valence-electron chi connectivity index (χ3n) is 3.57. The van der Waals surface area contributed by atoms with Crippen LogP contribution in [0.15, 0.2) is 46.4 Å². The molecule has 0 saturated heterocycles. The van der Waals surface area contributed by atoms with E-state index in [1.807, 2.05) is 13.8 Å². The number of hydrazone groups is 1. The van der Waals surface area contributed by atoms with Gasteiger partial charge < -0.3 is 9.47 Å². The second-order valence-corrected chi connectivity index (χ2v) is 6.87. The van der Waals surface area contributed by atoms with Gasteiger partial charge >= 0.3 is 0 Å². The number of benzene rings is 2. The van der Waals surface area contributed by atoms with Crippen molar-refractivity contribution < 1.29 is 17.9 Å². The summed E-state index contributed by atoms with van der Waals surface area (Å²) in [5, 5.41) is 3.81. The van der Waals surface area contributed by atoms with Crippen LogP contribution in [0.2, 0.25) is 0 Å². The Morgan fingerprint density at radius 1 is 1.04 bits per heavy atom. The van der Waals surface area contributed by atoms with Crippen molar-refractivity contribution in [2.24, 2.45) is 5.10 Å². The average Bonchev–Trinajstić information content (AvgIpc) is 2.97. The molecule has 0 unspecified atom stereocenters. The highest BCUT2D eigenvalue weighted by Crippen LogP contribution is 2.31. The van der Waals surface area contributed by atoms with Crippen LogP contribution in [0.25, 0.3) is 0 Å². The van der Waals surface area contributed by atoms with Gasteiger partial charge in [-0.25, -0.2) is 4.83 Å². The summed E-state index contributed by atoms with van der Waals surface area (Å²) >= 11 is 0. The zero-order valence-corrected chi connectivity index (χ0v) is 13.6. The van der Waals surface area contributed by atoms with E-state index in [1.54, 1.807) is 36.4 Å². The van der Waals surface area contributed by atoms with E-state index in [4.69, 9.17) is 9.47 Å². The minimum Gasteiger partial charge on any atom is -0.454 e. The van der Waals surface area contributed by atoms with Gasteiger partial charge in [0, 0.05) is 0 Å². The van der Waals surface area contributed by atoms with E-state index in [2.05, 4.69) is 9.93 Å². The van der Waals surface area contributed by atoms with Crippen molar-refractivity contribution in [3.63, 3.8) is 0 Å². The number of hydrogen-bond donors (Lipinski definition) is 1. The second-order valence-electron chi connectivity index (χ2n) is 5.21. The maximum atomic E-state index is 12.2. The first-order chi connectivity index (χ1) is 11.0. The van der Waals surface area contributed by atoms with Gasteiger partial charge in [-0.05, 0) is 60.9 Å². The van der Waals surface area contributed by atoms with E-state index in [-0.39, 0.29) is 11.7 Å². The molecule has 7 heteroatoms. The lowest BCUT2D eigenvalue weighted by molar-refractivity contribution is 0.174. The summed E-state index contributed by atoms with van der Waals surface area (Å²) in [5.41, 5.74) is 2.65. The molecule has 3 rings (SSSR count). The van der Waals surface area contributed by atoms with E-state index in [9.17, 15) is 8.42 Å². The lowest BCUT2D eigenvalue weighted by Crippen LogP contribution is -2.18. The van der Waals surface area contributed by atoms with Crippen LogP contribution in [0.3, 0.4) is 0 Å². The highest BCUT2D eigenvalue weighted by atomic mass is 32.2. The summed E-state index contributed by atoms with van der Waals surface area (Å²) in [5.74, 6) is 1.28. The van der Waals surface area contributed by atoms with Crippen LogP contribution in [0.4, 0.5) is 0 Å². The fourth-order valence-electron chi connectivity index (χ4n) is 2.10. The Hall–Kier alpha value is -2.54. The lowest BCUT2D eigenvalue weighted by atomic mass is 10.1. The number of hydrogen-bond acceptors (Lipinski definition) is 5. The van der Waals surface area contributed by atoms with E-state index in [0.717, 1.165) is 11.1 Å². The summed E-state index contributed by atoms with van der Waals surface area (Å²) in [6, 6.07) is 10.2. The van der Waals surface area contributed by atoms with Gasteiger partial charge in [-0.1, -0.05) is 6.07 Å². The van der Waals surface area contributed by atoms with Crippen LogP contribution in [0, 0.1) is 13.8 Å². The number of nitrogens with one attached hydrogen (secondary N) is 1. The summed E-state index contributed by atoms with van der Waals surface area (Å²) in [6.45, 7) is 3.98. The fraction of sp³-hybridized carbons (Fsp3) is 0.188. The minimum absolute atomic E-state index is 0.184. The van der Waals surface area contributed by atoms with Crippen LogP contribution in [0.5, 0.6) is 11.5 Å². The molecule has 0 aliphatic carbocycles. The lowest BCUT2D eigenvalue weighted by Gasteiger charge is -2.06. The van der Waals surface area contributed by atoms with Gasteiger partial charge in [0.25, 0.3) is 10.0 Å². The van der Waals surface area contributed by atoms with Gasteiger partial charge in [0.1, 0.15) is 0 Å². The van der Waals surface area contributed by atoms with Crippen molar-refractivity contribution in [1.82, 2.24) is 4.83 Å². The van der Waals surface area contributed by atoms with Crippen molar-refractivity contribution in [2.75, 3.05) is 6.79 Å².